The summed E-state index contributed by atoms with van der Waals surface area (Å²) in [6.45, 7) is 0.888. The predicted molar refractivity (Wildman–Crippen MR) is 68.4 cm³/mol. The molecule has 0 radical (unpaired) electrons. The van der Waals surface area contributed by atoms with Gasteiger partial charge in [0.05, 0.1) is 6.04 Å². The van der Waals surface area contributed by atoms with E-state index in [0.717, 1.165) is 25.8 Å². The molecule has 104 valence electrons. The van der Waals surface area contributed by atoms with Gasteiger partial charge >= 0.3 is 5.97 Å². The van der Waals surface area contributed by atoms with Crippen molar-refractivity contribution in [2.45, 2.75) is 43.9 Å². The zero-order valence-electron chi connectivity index (χ0n) is 11.1. The highest BCUT2D eigenvalue weighted by Gasteiger charge is 2.42. The van der Waals surface area contributed by atoms with Gasteiger partial charge in [0.2, 0.25) is 0 Å². The summed E-state index contributed by atoms with van der Waals surface area (Å²) in [5.74, 6) is -1.26. The molecule has 1 saturated heterocycles. The van der Waals surface area contributed by atoms with Crippen molar-refractivity contribution in [1.29, 1.82) is 0 Å². The number of hydrogen-bond donors (Lipinski definition) is 2. The summed E-state index contributed by atoms with van der Waals surface area (Å²) in [5.41, 5.74) is 0. The number of allylic oxidation sites excluding steroid dienone is 1. The third kappa shape index (κ3) is 4.08. The SMILES string of the molecule is COC1(OC)CCN[C@H]1C/C=C\CCCC(=O)O. The molecule has 1 aliphatic rings. The molecule has 5 nitrogen and oxygen atoms in total. The monoisotopic (exact) mass is 257 g/mol. The normalized spacial score (nSPS) is 22.7. The molecule has 1 fully saturated rings. The number of hydrogen-bond acceptors (Lipinski definition) is 4. The Bertz CT molecular complexity index is 287. The van der Waals surface area contributed by atoms with Gasteiger partial charge in [-0.2, -0.15) is 0 Å². The molecule has 0 aromatic heterocycles. The maximum Gasteiger partial charge on any atom is 0.303 e. The number of ether oxygens (including phenoxy) is 2. The maximum absolute atomic E-state index is 10.3. The van der Waals surface area contributed by atoms with Gasteiger partial charge < -0.3 is 19.9 Å². The lowest BCUT2D eigenvalue weighted by atomic mass is 10.0. The molecule has 0 unspecified atom stereocenters. The average Bonchev–Trinajstić information content (AvgIpc) is 2.76. The molecule has 1 heterocycles. The van der Waals surface area contributed by atoms with Crippen LogP contribution < -0.4 is 5.32 Å². The van der Waals surface area contributed by atoms with E-state index in [1.165, 1.54) is 0 Å². The van der Waals surface area contributed by atoms with E-state index in [4.69, 9.17) is 14.6 Å². The van der Waals surface area contributed by atoms with Gasteiger partial charge in [-0.05, 0) is 19.3 Å². The summed E-state index contributed by atoms with van der Waals surface area (Å²) >= 11 is 0. The Labute approximate surface area is 108 Å². The third-order valence-corrected chi connectivity index (χ3v) is 3.39. The van der Waals surface area contributed by atoms with Crippen LogP contribution in [-0.2, 0) is 14.3 Å². The van der Waals surface area contributed by atoms with E-state index in [0.29, 0.717) is 6.42 Å². The number of rotatable bonds is 8. The molecule has 0 spiro atoms. The molecule has 1 aliphatic heterocycles. The first-order valence-corrected chi connectivity index (χ1v) is 6.35. The van der Waals surface area contributed by atoms with Gasteiger partial charge in [0.15, 0.2) is 5.79 Å². The number of aliphatic carboxylic acids is 1. The van der Waals surface area contributed by atoms with Gasteiger partial charge in [0.1, 0.15) is 0 Å². The summed E-state index contributed by atoms with van der Waals surface area (Å²) in [6, 6.07) is 0.156. The quantitative estimate of drug-likeness (QED) is 0.392. The lowest BCUT2D eigenvalue weighted by Crippen LogP contribution is -2.45. The largest absolute Gasteiger partial charge is 0.481 e. The van der Waals surface area contributed by atoms with E-state index < -0.39 is 11.8 Å². The Hall–Kier alpha value is -0.910. The first-order valence-electron chi connectivity index (χ1n) is 6.35. The molecule has 0 saturated carbocycles. The number of carboxylic acids is 1. The number of unbranched alkanes of at least 4 members (excludes halogenated alkanes) is 1. The second kappa shape index (κ2) is 7.51. The van der Waals surface area contributed by atoms with E-state index >= 15 is 0 Å². The van der Waals surface area contributed by atoms with Crippen LogP contribution in [-0.4, -0.2) is 43.7 Å². The van der Waals surface area contributed by atoms with E-state index in [1.54, 1.807) is 14.2 Å². The van der Waals surface area contributed by atoms with E-state index in [-0.39, 0.29) is 12.5 Å². The van der Waals surface area contributed by atoms with Crippen LogP contribution in [0.25, 0.3) is 0 Å². The maximum atomic E-state index is 10.3. The van der Waals surface area contributed by atoms with Gasteiger partial charge in [-0.3, -0.25) is 4.79 Å². The van der Waals surface area contributed by atoms with Crippen molar-refractivity contribution in [3.05, 3.63) is 12.2 Å². The fourth-order valence-electron chi connectivity index (χ4n) is 2.31. The van der Waals surface area contributed by atoms with Crippen molar-refractivity contribution in [3.63, 3.8) is 0 Å². The molecule has 0 bridgehead atoms. The highest BCUT2D eigenvalue weighted by molar-refractivity contribution is 5.66. The molecule has 0 aliphatic carbocycles. The Balaban J connectivity index is 2.29. The third-order valence-electron chi connectivity index (χ3n) is 3.39. The van der Waals surface area contributed by atoms with Crippen molar-refractivity contribution in [2.75, 3.05) is 20.8 Å². The molecule has 5 heteroatoms. The Kier molecular flexibility index (Phi) is 6.32. The van der Waals surface area contributed by atoms with Crippen LogP contribution in [0, 0.1) is 0 Å². The number of methoxy groups -OCH3 is 2. The summed E-state index contributed by atoms with van der Waals surface area (Å²) < 4.78 is 10.9. The molecule has 2 N–H and O–H groups in total. The van der Waals surface area contributed by atoms with Gasteiger partial charge in [-0.15, -0.1) is 0 Å². The number of carbonyl (C=O) groups is 1. The zero-order valence-corrected chi connectivity index (χ0v) is 11.1. The van der Waals surface area contributed by atoms with Crippen molar-refractivity contribution < 1.29 is 19.4 Å². The van der Waals surface area contributed by atoms with E-state index in [9.17, 15) is 4.79 Å². The van der Waals surface area contributed by atoms with E-state index in [1.807, 2.05) is 6.08 Å². The van der Waals surface area contributed by atoms with Crippen LogP contribution in [0.2, 0.25) is 0 Å². The molecule has 1 atom stereocenters. The van der Waals surface area contributed by atoms with Crippen molar-refractivity contribution >= 4 is 5.97 Å². The van der Waals surface area contributed by atoms with Crippen molar-refractivity contribution in [3.8, 4) is 0 Å². The van der Waals surface area contributed by atoms with Crippen LogP contribution in [0.5, 0.6) is 0 Å². The highest BCUT2D eigenvalue weighted by Crippen LogP contribution is 2.28. The van der Waals surface area contributed by atoms with Gasteiger partial charge in [-0.25, -0.2) is 0 Å². The van der Waals surface area contributed by atoms with Gasteiger partial charge in [0.25, 0.3) is 0 Å². The van der Waals surface area contributed by atoms with Crippen molar-refractivity contribution in [2.24, 2.45) is 0 Å². The minimum Gasteiger partial charge on any atom is -0.481 e. The Morgan fingerprint density at radius 3 is 2.78 bits per heavy atom. The van der Waals surface area contributed by atoms with Crippen LogP contribution in [0.15, 0.2) is 12.2 Å². The number of nitrogens with one attached hydrogen (secondary N) is 1. The first kappa shape index (κ1) is 15.1. The highest BCUT2D eigenvalue weighted by atomic mass is 16.7. The molecule has 18 heavy (non-hydrogen) atoms. The topological polar surface area (TPSA) is 67.8 Å². The minimum absolute atomic E-state index is 0.156. The van der Waals surface area contributed by atoms with Crippen LogP contribution in [0.1, 0.15) is 32.1 Å². The minimum atomic E-state index is -0.737. The standard InChI is InChI=1S/C13H23NO4/c1-17-13(18-2)9-10-14-11(13)7-5-3-4-6-8-12(15)16/h3,5,11,14H,4,6-10H2,1-2H3,(H,15,16)/b5-3-/t11-/m0/s1. The fourth-order valence-corrected chi connectivity index (χ4v) is 2.31. The first-order chi connectivity index (χ1) is 8.64. The average molecular weight is 257 g/mol. The molecular weight excluding hydrogens is 234 g/mol. The molecule has 1 rings (SSSR count). The zero-order chi connectivity index (χ0) is 13.4. The van der Waals surface area contributed by atoms with Crippen LogP contribution in [0.4, 0.5) is 0 Å². The Morgan fingerprint density at radius 1 is 1.44 bits per heavy atom. The van der Waals surface area contributed by atoms with Gasteiger partial charge in [0, 0.05) is 33.6 Å². The molecule has 0 aromatic rings. The smallest absolute Gasteiger partial charge is 0.303 e. The lowest BCUT2D eigenvalue weighted by Gasteiger charge is -2.31. The second-order valence-electron chi connectivity index (χ2n) is 4.47. The molecule has 0 amide bonds. The second-order valence-corrected chi connectivity index (χ2v) is 4.47. The van der Waals surface area contributed by atoms with Crippen molar-refractivity contribution in [1.82, 2.24) is 5.32 Å². The number of carboxylic acid groups (broad SMARTS) is 1. The lowest BCUT2D eigenvalue weighted by molar-refractivity contribution is -0.210. The molecule has 0 aromatic carbocycles. The van der Waals surface area contributed by atoms with Crippen LogP contribution in [0.3, 0.4) is 0 Å². The van der Waals surface area contributed by atoms with E-state index in [2.05, 4.69) is 11.4 Å². The van der Waals surface area contributed by atoms with Gasteiger partial charge in [-0.1, -0.05) is 12.2 Å². The van der Waals surface area contributed by atoms with Crippen LogP contribution >= 0.6 is 0 Å². The summed E-state index contributed by atoms with van der Waals surface area (Å²) in [4.78, 5) is 10.3. The summed E-state index contributed by atoms with van der Waals surface area (Å²) in [5, 5.41) is 11.9. The predicted octanol–water partition coefficient (Wildman–Crippen LogP) is 1.54. The Morgan fingerprint density at radius 2 is 2.17 bits per heavy atom. The molecular formula is C13H23NO4. The summed E-state index contributed by atoms with van der Waals surface area (Å²) in [6.07, 6.45) is 7.48. The fraction of sp³-hybridized carbons (Fsp3) is 0.769. The summed E-state index contributed by atoms with van der Waals surface area (Å²) in [7, 11) is 3.33.